The summed E-state index contributed by atoms with van der Waals surface area (Å²) in [4.78, 5) is 41.5. The molecule has 4 N–H and O–H groups in total. The fourth-order valence-corrected chi connectivity index (χ4v) is 2.94. The summed E-state index contributed by atoms with van der Waals surface area (Å²) in [7, 11) is 1.10. The number of methoxy groups -OCH3 is 1. The van der Waals surface area contributed by atoms with E-state index in [0.29, 0.717) is 5.56 Å². The van der Waals surface area contributed by atoms with Crippen molar-refractivity contribution in [3.63, 3.8) is 0 Å². The van der Waals surface area contributed by atoms with E-state index in [0.717, 1.165) is 7.11 Å². The minimum atomic E-state index is -1.97. The summed E-state index contributed by atoms with van der Waals surface area (Å²) in [6, 6.07) is 8.60. The number of rotatable bonds is 9. The zero-order valence-corrected chi connectivity index (χ0v) is 17.7. The van der Waals surface area contributed by atoms with Crippen molar-refractivity contribution in [2.75, 3.05) is 13.7 Å². The molecule has 0 saturated heterocycles. The van der Waals surface area contributed by atoms with E-state index in [4.69, 9.17) is 20.9 Å². The first-order valence-electron chi connectivity index (χ1n) is 9.28. The highest BCUT2D eigenvalue weighted by molar-refractivity contribution is 5.85. The Morgan fingerprint density at radius 2 is 1.80 bits per heavy atom. The van der Waals surface area contributed by atoms with Crippen molar-refractivity contribution >= 4 is 18.0 Å². The minimum Gasteiger partial charge on any atom is -0.467 e. The highest BCUT2D eigenvalue weighted by Gasteiger charge is 2.56. The van der Waals surface area contributed by atoms with Crippen LogP contribution in [0.15, 0.2) is 35.3 Å². The third kappa shape index (κ3) is 6.90. The first-order valence-corrected chi connectivity index (χ1v) is 9.28. The second-order valence-electron chi connectivity index (χ2n) is 7.63. The van der Waals surface area contributed by atoms with Crippen molar-refractivity contribution in [2.45, 2.75) is 51.2 Å². The molecular weight excluding hydrogens is 394 g/mol. The van der Waals surface area contributed by atoms with Gasteiger partial charge in [-0.1, -0.05) is 30.3 Å². The van der Waals surface area contributed by atoms with Gasteiger partial charge in [0.05, 0.1) is 7.11 Å². The van der Waals surface area contributed by atoms with Crippen LogP contribution in [0.3, 0.4) is 0 Å². The fraction of sp³-hybridized carbons (Fsp3) is 0.526. The monoisotopic (exact) mass is 423 g/mol. The molecule has 0 aromatic heterocycles. The lowest BCUT2D eigenvalue weighted by Crippen LogP contribution is -2.62. The molecule has 0 radical (unpaired) electrons. The van der Waals surface area contributed by atoms with E-state index in [1.165, 1.54) is 0 Å². The van der Waals surface area contributed by atoms with Gasteiger partial charge in [0.2, 0.25) is 5.54 Å². The number of aliphatic imine (C=N–C) groups is 1. The molecule has 0 aliphatic heterocycles. The van der Waals surface area contributed by atoms with Crippen molar-refractivity contribution in [1.82, 2.24) is 5.01 Å². The van der Waals surface area contributed by atoms with Crippen LogP contribution < -0.4 is 11.5 Å². The third-order valence-electron chi connectivity index (χ3n) is 4.08. The maximum atomic E-state index is 12.9. The summed E-state index contributed by atoms with van der Waals surface area (Å²) in [5.41, 5.74) is 8.25. The Kier molecular flexibility index (Phi) is 8.57. The average molecular weight is 423 g/mol. The van der Waals surface area contributed by atoms with Crippen LogP contribution in [-0.2, 0) is 20.7 Å². The second kappa shape index (κ2) is 10.4. The van der Waals surface area contributed by atoms with E-state index >= 15 is 0 Å². The Morgan fingerprint density at radius 1 is 1.20 bits per heavy atom. The highest BCUT2D eigenvalue weighted by atomic mass is 16.7. The molecule has 0 spiro atoms. The van der Waals surface area contributed by atoms with E-state index in [1.807, 2.05) is 0 Å². The van der Waals surface area contributed by atoms with Crippen LogP contribution in [0, 0.1) is 10.1 Å². The SMILES string of the molecule is COC(=O)[C@](CCCN=C(N)N)(Cc1ccccc1)N(C(=O)OC(C)(C)C)[N+](=O)[O-]. The van der Waals surface area contributed by atoms with Crippen LogP contribution in [0.1, 0.15) is 39.2 Å². The predicted octanol–water partition coefficient (Wildman–Crippen LogP) is 1.62. The van der Waals surface area contributed by atoms with Crippen LogP contribution in [0.4, 0.5) is 4.79 Å². The topological polar surface area (TPSA) is 163 Å². The molecule has 0 aliphatic carbocycles. The molecule has 0 fully saturated rings. The molecule has 11 heteroatoms. The molecular formula is C19H29N5O6. The molecule has 1 rings (SSSR count). The molecule has 30 heavy (non-hydrogen) atoms. The molecule has 0 aliphatic rings. The van der Waals surface area contributed by atoms with Gasteiger partial charge in [0.1, 0.15) is 5.60 Å². The number of esters is 1. The Hall–Kier alpha value is -3.37. The zero-order valence-electron chi connectivity index (χ0n) is 17.7. The Balaban J connectivity index is 3.50. The normalized spacial score (nSPS) is 12.9. The van der Waals surface area contributed by atoms with Gasteiger partial charge in [-0.2, -0.15) is 0 Å². The Bertz CT molecular complexity index is 773. The quantitative estimate of drug-likeness (QED) is 0.151. The number of carbonyl (C=O) groups is 2. The van der Waals surface area contributed by atoms with Gasteiger partial charge in [-0.15, -0.1) is 0 Å². The lowest BCUT2D eigenvalue weighted by molar-refractivity contribution is -0.651. The summed E-state index contributed by atoms with van der Waals surface area (Å²) in [5.74, 6) is -1.10. The van der Waals surface area contributed by atoms with Crippen molar-refractivity contribution < 1.29 is 24.1 Å². The molecule has 166 valence electrons. The first kappa shape index (κ1) is 24.7. The molecule has 0 saturated carbocycles. The summed E-state index contributed by atoms with van der Waals surface area (Å²) in [6.07, 6.45) is -1.39. The molecule has 0 unspecified atom stereocenters. The lowest BCUT2D eigenvalue weighted by atomic mass is 9.85. The maximum Gasteiger partial charge on any atom is 0.469 e. The van der Waals surface area contributed by atoms with Crippen molar-refractivity contribution in [3.8, 4) is 0 Å². The number of hydrogen-bond acceptors (Lipinski definition) is 7. The van der Waals surface area contributed by atoms with Gasteiger partial charge in [-0.05, 0) is 44.2 Å². The molecule has 1 amide bonds. The van der Waals surface area contributed by atoms with E-state index in [1.54, 1.807) is 51.1 Å². The van der Waals surface area contributed by atoms with Crippen LogP contribution in [0.2, 0.25) is 0 Å². The van der Waals surface area contributed by atoms with Gasteiger partial charge in [0.25, 0.3) is 0 Å². The first-order chi connectivity index (χ1) is 13.9. The molecule has 1 atom stereocenters. The van der Waals surface area contributed by atoms with E-state index in [2.05, 4.69) is 4.99 Å². The number of hydrazine groups is 1. The fourth-order valence-electron chi connectivity index (χ4n) is 2.94. The number of nitrogens with zero attached hydrogens (tertiary/aromatic N) is 3. The number of guanidine groups is 1. The molecule has 0 bridgehead atoms. The standard InChI is InChI=1S/C19H29N5O6/c1-18(2,3)30-17(26)23(24(27)28)19(15(25)29-4,11-8-12-22-16(20)21)13-14-9-6-5-7-10-14/h5-7,9-10H,8,11-13H2,1-4H3,(H4,20,21,22)/t19-/m0/s1. The predicted molar refractivity (Wildman–Crippen MR) is 110 cm³/mol. The number of carbonyl (C=O) groups excluding carboxylic acids is 2. The van der Waals surface area contributed by atoms with Crippen LogP contribution in [0.5, 0.6) is 0 Å². The number of ether oxygens (including phenoxy) is 2. The Labute approximate surface area is 175 Å². The maximum absolute atomic E-state index is 12.9. The van der Waals surface area contributed by atoms with Gasteiger partial charge >= 0.3 is 12.1 Å². The van der Waals surface area contributed by atoms with E-state index in [9.17, 15) is 19.7 Å². The van der Waals surface area contributed by atoms with Gasteiger partial charge in [-0.3, -0.25) is 4.99 Å². The van der Waals surface area contributed by atoms with E-state index < -0.39 is 28.2 Å². The van der Waals surface area contributed by atoms with Crippen LogP contribution in [-0.4, -0.2) is 52.9 Å². The third-order valence-corrected chi connectivity index (χ3v) is 4.08. The number of benzene rings is 1. The number of nitrogens with two attached hydrogens (primary N) is 2. The molecule has 11 nitrogen and oxygen atoms in total. The summed E-state index contributed by atoms with van der Waals surface area (Å²) in [5, 5.41) is 11.2. The van der Waals surface area contributed by atoms with E-state index in [-0.39, 0.29) is 36.8 Å². The molecule has 1 aromatic rings. The van der Waals surface area contributed by atoms with Gasteiger partial charge in [-0.25, -0.2) is 19.7 Å². The minimum absolute atomic E-state index is 0.107. The Morgan fingerprint density at radius 3 is 2.27 bits per heavy atom. The van der Waals surface area contributed by atoms with Gasteiger partial charge in [0, 0.05) is 13.0 Å². The average Bonchev–Trinajstić information content (AvgIpc) is 2.63. The summed E-state index contributed by atoms with van der Waals surface area (Å²) in [6.45, 7) is 4.81. The second-order valence-corrected chi connectivity index (χ2v) is 7.63. The number of nitro groups is 1. The molecule has 0 heterocycles. The van der Waals surface area contributed by atoms with Gasteiger partial charge < -0.3 is 20.9 Å². The summed E-state index contributed by atoms with van der Waals surface area (Å²) >= 11 is 0. The lowest BCUT2D eigenvalue weighted by Gasteiger charge is -2.34. The number of amides is 1. The number of hydrogen-bond donors (Lipinski definition) is 2. The van der Waals surface area contributed by atoms with Crippen molar-refractivity contribution in [2.24, 2.45) is 16.5 Å². The summed E-state index contributed by atoms with van der Waals surface area (Å²) < 4.78 is 10.1. The largest absolute Gasteiger partial charge is 0.469 e. The van der Waals surface area contributed by atoms with Crippen LogP contribution >= 0.6 is 0 Å². The van der Waals surface area contributed by atoms with Crippen molar-refractivity contribution in [1.29, 1.82) is 0 Å². The van der Waals surface area contributed by atoms with Crippen LogP contribution in [0.25, 0.3) is 0 Å². The molecule has 1 aromatic carbocycles. The zero-order chi connectivity index (χ0) is 22.9. The van der Waals surface area contributed by atoms with Crippen molar-refractivity contribution in [3.05, 3.63) is 46.0 Å². The van der Waals surface area contributed by atoms with Gasteiger partial charge in [0.15, 0.2) is 11.0 Å². The smallest absolute Gasteiger partial charge is 0.467 e. The highest BCUT2D eigenvalue weighted by Crippen LogP contribution is 2.30.